The smallest absolute Gasteiger partial charge is 0.101 e. The number of hydrogen-bond donors (Lipinski definition) is 1. The third-order valence-corrected chi connectivity index (χ3v) is 1.51. The van der Waals surface area contributed by atoms with Gasteiger partial charge in [0.25, 0.3) is 0 Å². The van der Waals surface area contributed by atoms with Gasteiger partial charge in [0.1, 0.15) is 6.17 Å². The molecule has 0 spiro atoms. The minimum atomic E-state index is -0.534. The number of alkyl halides is 1. The summed E-state index contributed by atoms with van der Waals surface area (Å²) < 4.78 is 11.9. The van der Waals surface area contributed by atoms with Crippen LogP contribution in [0.25, 0.3) is 0 Å². The van der Waals surface area contributed by atoms with E-state index < -0.39 is 6.17 Å². The van der Waals surface area contributed by atoms with Gasteiger partial charge in [0, 0.05) is 0 Å². The molecule has 1 aliphatic carbocycles. The molecule has 3 heteroatoms. The molecule has 0 heterocycles. The SMILES string of the molecule is Cl.NC[C@H]1C[C@H](F)C1. The molecule has 0 atom stereocenters. The van der Waals surface area contributed by atoms with Gasteiger partial charge in [-0.1, -0.05) is 0 Å². The van der Waals surface area contributed by atoms with E-state index >= 15 is 0 Å². The molecule has 1 saturated carbocycles. The third-order valence-electron chi connectivity index (χ3n) is 1.51. The van der Waals surface area contributed by atoms with Gasteiger partial charge in [0.2, 0.25) is 0 Å². The molecule has 0 aromatic heterocycles. The highest BCUT2D eigenvalue weighted by Crippen LogP contribution is 2.28. The Morgan fingerprint density at radius 3 is 2.12 bits per heavy atom. The van der Waals surface area contributed by atoms with Gasteiger partial charge in [-0.3, -0.25) is 0 Å². The summed E-state index contributed by atoms with van der Waals surface area (Å²) in [7, 11) is 0. The van der Waals surface area contributed by atoms with E-state index in [4.69, 9.17) is 5.73 Å². The van der Waals surface area contributed by atoms with Crippen LogP contribution in [0.3, 0.4) is 0 Å². The zero-order valence-electron chi connectivity index (χ0n) is 4.64. The molecule has 0 aliphatic heterocycles. The molecule has 0 saturated heterocycles. The number of nitrogens with two attached hydrogens (primary N) is 1. The van der Waals surface area contributed by atoms with Crippen molar-refractivity contribution in [3.05, 3.63) is 0 Å². The predicted molar refractivity (Wildman–Crippen MR) is 33.9 cm³/mol. The topological polar surface area (TPSA) is 26.0 Å². The second-order valence-electron chi connectivity index (χ2n) is 2.17. The Morgan fingerprint density at radius 2 is 2.00 bits per heavy atom. The van der Waals surface area contributed by atoms with Crippen LogP contribution in [0.2, 0.25) is 0 Å². The maximum atomic E-state index is 11.9. The molecule has 0 radical (unpaired) electrons. The van der Waals surface area contributed by atoms with Gasteiger partial charge in [-0.25, -0.2) is 4.39 Å². The van der Waals surface area contributed by atoms with Crippen LogP contribution in [-0.4, -0.2) is 12.7 Å². The summed E-state index contributed by atoms with van der Waals surface area (Å²) in [6.45, 7) is 0.667. The van der Waals surface area contributed by atoms with Gasteiger partial charge < -0.3 is 5.73 Å². The molecule has 0 unspecified atom stereocenters. The van der Waals surface area contributed by atoms with Crippen LogP contribution in [0.5, 0.6) is 0 Å². The summed E-state index contributed by atoms with van der Waals surface area (Å²) in [4.78, 5) is 0. The summed E-state index contributed by atoms with van der Waals surface area (Å²) in [6, 6.07) is 0. The van der Waals surface area contributed by atoms with E-state index in [1.54, 1.807) is 0 Å². The lowest BCUT2D eigenvalue weighted by atomic mass is 9.84. The lowest BCUT2D eigenvalue weighted by Gasteiger charge is -2.27. The first-order valence-electron chi connectivity index (χ1n) is 2.67. The Labute approximate surface area is 54.9 Å². The normalized spacial score (nSPS) is 35.2. The van der Waals surface area contributed by atoms with Crippen molar-refractivity contribution in [1.29, 1.82) is 0 Å². The van der Waals surface area contributed by atoms with Crippen molar-refractivity contribution in [1.82, 2.24) is 0 Å². The monoisotopic (exact) mass is 139 g/mol. The van der Waals surface area contributed by atoms with E-state index in [2.05, 4.69) is 0 Å². The highest BCUT2D eigenvalue weighted by molar-refractivity contribution is 5.85. The molecule has 50 valence electrons. The molecular weight excluding hydrogens is 129 g/mol. The quantitative estimate of drug-likeness (QED) is 0.579. The van der Waals surface area contributed by atoms with Crippen LogP contribution in [0, 0.1) is 5.92 Å². The van der Waals surface area contributed by atoms with Gasteiger partial charge >= 0.3 is 0 Å². The first kappa shape index (κ1) is 8.18. The molecule has 1 rings (SSSR count). The zero-order valence-corrected chi connectivity index (χ0v) is 5.46. The van der Waals surface area contributed by atoms with Crippen LogP contribution < -0.4 is 5.73 Å². The van der Waals surface area contributed by atoms with Crippen LogP contribution >= 0.6 is 12.4 Å². The molecular formula is C5H11ClFN. The Balaban J connectivity index is 0.000000490. The molecule has 0 aromatic rings. The van der Waals surface area contributed by atoms with Crippen LogP contribution in [0.4, 0.5) is 4.39 Å². The van der Waals surface area contributed by atoms with Crippen molar-refractivity contribution in [3.8, 4) is 0 Å². The molecule has 1 fully saturated rings. The second-order valence-corrected chi connectivity index (χ2v) is 2.17. The predicted octanol–water partition coefficient (Wildman–Crippen LogP) is 1.12. The molecule has 8 heavy (non-hydrogen) atoms. The van der Waals surface area contributed by atoms with Gasteiger partial charge in [-0.2, -0.15) is 0 Å². The van der Waals surface area contributed by atoms with E-state index in [0.717, 1.165) is 0 Å². The summed E-state index contributed by atoms with van der Waals surface area (Å²) >= 11 is 0. The van der Waals surface area contributed by atoms with E-state index in [1.165, 1.54) is 0 Å². The maximum Gasteiger partial charge on any atom is 0.101 e. The fourth-order valence-electron chi connectivity index (χ4n) is 0.847. The minimum absolute atomic E-state index is 0. The standard InChI is InChI=1S/C5H10FN.ClH/c6-5-1-4(2-5)3-7;/h4-5H,1-3,7H2;1H/t4-,5-;. The maximum absolute atomic E-state index is 11.9. The van der Waals surface area contributed by atoms with Crippen LogP contribution in [0.1, 0.15) is 12.8 Å². The highest BCUT2D eigenvalue weighted by Gasteiger charge is 2.26. The number of hydrogen-bond acceptors (Lipinski definition) is 1. The van der Waals surface area contributed by atoms with Crippen molar-refractivity contribution in [2.45, 2.75) is 19.0 Å². The van der Waals surface area contributed by atoms with E-state index in [9.17, 15) is 4.39 Å². The fraction of sp³-hybridized carbons (Fsp3) is 1.00. The third kappa shape index (κ3) is 1.60. The summed E-state index contributed by atoms with van der Waals surface area (Å²) in [5.41, 5.74) is 5.23. The van der Waals surface area contributed by atoms with Crippen molar-refractivity contribution in [3.63, 3.8) is 0 Å². The minimum Gasteiger partial charge on any atom is -0.330 e. The van der Waals surface area contributed by atoms with E-state index in [0.29, 0.717) is 25.3 Å². The summed E-state index contributed by atoms with van der Waals surface area (Å²) in [5, 5.41) is 0. The largest absolute Gasteiger partial charge is 0.330 e. The molecule has 1 aliphatic rings. The molecule has 0 bridgehead atoms. The van der Waals surface area contributed by atoms with Gasteiger partial charge in [0.15, 0.2) is 0 Å². The summed E-state index contributed by atoms with van der Waals surface area (Å²) in [5.74, 6) is 0.495. The summed E-state index contributed by atoms with van der Waals surface area (Å²) in [6.07, 6.45) is 0.876. The van der Waals surface area contributed by atoms with Crippen molar-refractivity contribution in [2.75, 3.05) is 6.54 Å². The molecule has 2 N–H and O–H groups in total. The Hall–Kier alpha value is 0.180. The lowest BCUT2D eigenvalue weighted by molar-refractivity contribution is 0.137. The fourth-order valence-corrected chi connectivity index (χ4v) is 0.847. The first-order valence-corrected chi connectivity index (χ1v) is 2.67. The van der Waals surface area contributed by atoms with Gasteiger partial charge in [-0.05, 0) is 25.3 Å². The number of rotatable bonds is 1. The van der Waals surface area contributed by atoms with E-state index in [1.807, 2.05) is 0 Å². The van der Waals surface area contributed by atoms with Crippen LogP contribution in [0.15, 0.2) is 0 Å². The average Bonchev–Trinajstić information content (AvgIpc) is 1.58. The van der Waals surface area contributed by atoms with E-state index in [-0.39, 0.29) is 12.4 Å². The zero-order chi connectivity index (χ0) is 5.28. The Bertz CT molecular complexity index is 63.4. The number of halogens is 2. The van der Waals surface area contributed by atoms with Crippen molar-refractivity contribution in [2.24, 2.45) is 11.7 Å². The van der Waals surface area contributed by atoms with Gasteiger partial charge in [-0.15, -0.1) is 12.4 Å². The van der Waals surface area contributed by atoms with Crippen molar-refractivity contribution < 1.29 is 4.39 Å². The molecule has 0 aromatic carbocycles. The average molecular weight is 140 g/mol. The Kier molecular flexibility index (Phi) is 3.33. The van der Waals surface area contributed by atoms with Gasteiger partial charge in [0.05, 0.1) is 0 Å². The van der Waals surface area contributed by atoms with Crippen LogP contribution in [-0.2, 0) is 0 Å². The highest BCUT2D eigenvalue weighted by atomic mass is 35.5. The first-order chi connectivity index (χ1) is 3.33. The second kappa shape index (κ2) is 3.25. The lowest BCUT2D eigenvalue weighted by Crippen LogP contribution is -2.30. The molecule has 0 amide bonds. The Morgan fingerprint density at radius 1 is 1.50 bits per heavy atom. The molecule has 1 nitrogen and oxygen atoms in total. The van der Waals surface area contributed by atoms with Crippen molar-refractivity contribution >= 4 is 12.4 Å².